The molecule has 1 unspecified atom stereocenters. The lowest BCUT2D eigenvalue weighted by molar-refractivity contribution is 0.0721. The van der Waals surface area contributed by atoms with Gasteiger partial charge in [0.2, 0.25) is 0 Å². The largest absolute Gasteiger partial charge is 0.392 e. The minimum Gasteiger partial charge on any atom is -0.392 e. The number of rotatable bonds is 6. The van der Waals surface area contributed by atoms with E-state index < -0.39 is 0 Å². The Labute approximate surface area is 123 Å². The van der Waals surface area contributed by atoms with Gasteiger partial charge in [-0.2, -0.15) is 0 Å². The molecule has 1 aromatic heterocycles. The lowest BCUT2D eigenvalue weighted by atomic mass is 9.77. The number of hydrogen-bond donors (Lipinski definition) is 1. The van der Waals surface area contributed by atoms with Crippen molar-refractivity contribution in [3.05, 3.63) is 29.6 Å². The van der Waals surface area contributed by atoms with E-state index in [0.717, 1.165) is 18.0 Å². The standard InChI is InChI=1S/C18H29NO/c1-3-5-15-6-9-16(10-7-15)18(20)12-17-11-8-14(4-2)13-19-17/h8,11,13,15-16,18,20H,3-7,9-10,12H2,1-2H3. The molecule has 0 aromatic carbocycles. The molecular weight excluding hydrogens is 246 g/mol. The molecule has 1 aliphatic rings. The van der Waals surface area contributed by atoms with Crippen LogP contribution in [-0.4, -0.2) is 16.2 Å². The summed E-state index contributed by atoms with van der Waals surface area (Å²) < 4.78 is 0. The van der Waals surface area contributed by atoms with Crippen molar-refractivity contribution in [2.24, 2.45) is 11.8 Å². The van der Waals surface area contributed by atoms with Crippen LogP contribution in [-0.2, 0) is 12.8 Å². The zero-order valence-electron chi connectivity index (χ0n) is 13.0. The Morgan fingerprint density at radius 1 is 1.20 bits per heavy atom. The summed E-state index contributed by atoms with van der Waals surface area (Å²) in [5.74, 6) is 1.39. The SMILES string of the molecule is CCCC1CCC(C(O)Cc2ccc(CC)cn2)CC1. The fourth-order valence-electron chi connectivity index (χ4n) is 3.44. The molecule has 0 saturated heterocycles. The van der Waals surface area contributed by atoms with E-state index in [0.29, 0.717) is 12.3 Å². The number of aryl methyl sites for hydroxylation is 1. The lowest BCUT2D eigenvalue weighted by Crippen LogP contribution is -2.27. The van der Waals surface area contributed by atoms with Gasteiger partial charge in [-0.05, 0) is 42.7 Å². The van der Waals surface area contributed by atoms with Crippen molar-refractivity contribution in [3.63, 3.8) is 0 Å². The minimum absolute atomic E-state index is 0.211. The van der Waals surface area contributed by atoms with Gasteiger partial charge < -0.3 is 5.11 Å². The van der Waals surface area contributed by atoms with Crippen molar-refractivity contribution in [1.82, 2.24) is 4.98 Å². The van der Waals surface area contributed by atoms with Crippen LogP contribution in [0.1, 0.15) is 63.6 Å². The van der Waals surface area contributed by atoms with Crippen LogP contribution in [0, 0.1) is 11.8 Å². The van der Waals surface area contributed by atoms with Crippen molar-refractivity contribution in [3.8, 4) is 0 Å². The van der Waals surface area contributed by atoms with Gasteiger partial charge >= 0.3 is 0 Å². The molecule has 1 atom stereocenters. The third-order valence-corrected chi connectivity index (χ3v) is 4.85. The number of aliphatic hydroxyl groups is 1. The van der Waals surface area contributed by atoms with Crippen molar-refractivity contribution >= 4 is 0 Å². The van der Waals surface area contributed by atoms with E-state index in [2.05, 4.69) is 31.0 Å². The predicted molar refractivity (Wildman–Crippen MR) is 83.7 cm³/mol. The number of nitrogens with zero attached hydrogens (tertiary/aromatic N) is 1. The predicted octanol–water partition coefficient (Wildman–Crippen LogP) is 4.15. The first-order valence-electron chi connectivity index (χ1n) is 8.34. The quantitative estimate of drug-likeness (QED) is 0.846. The molecule has 0 amide bonds. The maximum Gasteiger partial charge on any atom is 0.0623 e. The van der Waals surface area contributed by atoms with Crippen molar-refractivity contribution in [2.45, 2.75) is 71.3 Å². The van der Waals surface area contributed by atoms with Gasteiger partial charge in [-0.25, -0.2) is 0 Å². The molecule has 1 heterocycles. The van der Waals surface area contributed by atoms with Gasteiger partial charge in [0, 0.05) is 18.3 Å². The summed E-state index contributed by atoms with van der Waals surface area (Å²) in [4.78, 5) is 4.47. The Balaban J connectivity index is 1.81. The highest BCUT2D eigenvalue weighted by atomic mass is 16.3. The van der Waals surface area contributed by atoms with Crippen molar-refractivity contribution in [2.75, 3.05) is 0 Å². The summed E-state index contributed by atoms with van der Waals surface area (Å²) in [6.45, 7) is 4.41. The van der Waals surface area contributed by atoms with Gasteiger partial charge in [0.25, 0.3) is 0 Å². The van der Waals surface area contributed by atoms with E-state index in [1.54, 1.807) is 0 Å². The van der Waals surface area contributed by atoms with E-state index in [9.17, 15) is 5.11 Å². The third kappa shape index (κ3) is 4.31. The maximum atomic E-state index is 10.4. The average molecular weight is 275 g/mol. The topological polar surface area (TPSA) is 33.1 Å². The summed E-state index contributed by atoms with van der Waals surface area (Å²) in [6.07, 6.45) is 11.1. The molecule has 1 aliphatic carbocycles. The van der Waals surface area contributed by atoms with Crippen LogP contribution in [0.2, 0.25) is 0 Å². The first kappa shape index (κ1) is 15.5. The van der Waals surface area contributed by atoms with Gasteiger partial charge in [0.15, 0.2) is 0 Å². The Morgan fingerprint density at radius 2 is 1.95 bits per heavy atom. The highest BCUT2D eigenvalue weighted by Crippen LogP contribution is 2.33. The van der Waals surface area contributed by atoms with E-state index in [1.165, 1.54) is 44.1 Å². The smallest absolute Gasteiger partial charge is 0.0623 e. The van der Waals surface area contributed by atoms with Crippen LogP contribution in [0.3, 0.4) is 0 Å². The first-order valence-corrected chi connectivity index (χ1v) is 8.34. The summed E-state index contributed by atoms with van der Waals surface area (Å²) in [5.41, 5.74) is 2.30. The molecule has 0 aliphatic heterocycles. The molecule has 1 aromatic rings. The average Bonchev–Trinajstić information content (AvgIpc) is 2.49. The normalized spacial score (nSPS) is 24.6. The van der Waals surface area contributed by atoms with Crippen LogP contribution in [0.4, 0.5) is 0 Å². The van der Waals surface area contributed by atoms with E-state index >= 15 is 0 Å². The fraction of sp³-hybridized carbons (Fsp3) is 0.722. The summed E-state index contributed by atoms with van der Waals surface area (Å²) in [6, 6.07) is 4.21. The highest BCUT2D eigenvalue weighted by Gasteiger charge is 2.26. The number of pyridine rings is 1. The number of aliphatic hydroxyl groups excluding tert-OH is 1. The number of hydrogen-bond acceptors (Lipinski definition) is 2. The molecule has 0 bridgehead atoms. The molecule has 2 rings (SSSR count). The Morgan fingerprint density at radius 3 is 2.50 bits per heavy atom. The monoisotopic (exact) mass is 275 g/mol. The van der Waals surface area contributed by atoms with Gasteiger partial charge in [-0.3, -0.25) is 4.98 Å². The maximum absolute atomic E-state index is 10.4. The molecule has 1 saturated carbocycles. The zero-order valence-corrected chi connectivity index (χ0v) is 13.0. The van der Waals surface area contributed by atoms with Gasteiger partial charge in [-0.15, -0.1) is 0 Å². The fourth-order valence-corrected chi connectivity index (χ4v) is 3.44. The highest BCUT2D eigenvalue weighted by molar-refractivity contribution is 5.14. The Hall–Kier alpha value is -0.890. The van der Waals surface area contributed by atoms with Gasteiger partial charge in [0.05, 0.1) is 6.10 Å². The van der Waals surface area contributed by atoms with E-state index in [-0.39, 0.29) is 6.10 Å². The summed E-state index contributed by atoms with van der Waals surface area (Å²) in [7, 11) is 0. The molecule has 2 nitrogen and oxygen atoms in total. The van der Waals surface area contributed by atoms with Crippen molar-refractivity contribution < 1.29 is 5.11 Å². The molecule has 20 heavy (non-hydrogen) atoms. The summed E-state index contributed by atoms with van der Waals surface area (Å²) in [5, 5.41) is 10.4. The van der Waals surface area contributed by atoms with Crippen LogP contribution >= 0.6 is 0 Å². The molecule has 1 N–H and O–H groups in total. The molecule has 112 valence electrons. The van der Waals surface area contributed by atoms with E-state index in [4.69, 9.17) is 0 Å². The van der Waals surface area contributed by atoms with Crippen molar-refractivity contribution in [1.29, 1.82) is 0 Å². The number of aromatic nitrogens is 1. The second-order valence-electron chi connectivity index (χ2n) is 6.35. The molecule has 0 radical (unpaired) electrons. The van der Waals surface area contributed by atoms with Gasteiger partial charge in [0.1, 0.15) is 0 Å². The van der Waals surface area contributed by atoms with Crippen LogP contribution < -0.4 is 0 Å². The minimum atomic E-state index is -0.211. The summed E-state index contributed by atoms with van der Waals surface area (Å²) >= 11 is 0. The van der Waals surface area contributed by atoms with Crippen LogP contribution in [0.5, 0.6) is 0 Å². The molecule has 1 fully saturated rings. The Kier molecular flexibility index (Phi) is 6.03. The molecular formula is C18H29NO. The van der Waals surface area contributed by atoms with Crippen LogP contribution in [0.15, 0.2) is 18.3 Å². The van der Waals surface area contributed by atoms with Gasteiger partial charge in [-0.1, -0.05) is 45.6 Å². The second kappa shape index (κ2) is 7.78. The van der Waals surface area contributed by atoms with E-state index in [1.807, 2.05) is 6.20 Å². The lowest BCUT2D eigenvalue weighted by Gasteiger charge is -2.31. The first-order chi connectivity index (χ1) is 9.72. The Bertz CT molecular complexity index is 379. The third-order valence-electron chi connectivity index (χ3n) is 4.85. The molecule has 2 heteroatoms. The zero-order chi connectivity index (χ0) is 14.4. The second-order valence-corrected chi connectivity index (χ2v) is 6.35. The molecule has 0 spiro atoms. The van der Waals surface area contributed by atoms with Crippen LogP contribution in [0.25, 0.3) is 0 Å².